The molecule has 5 nitrogen and oxygen atoms in total. The van der Waals surface area contributed by atoms with E-state index in [0.717, 1.165) is 11.1 Å². The maximum Gasteiger partial charge on any atom is 0.312 e. The molecule has 1 aromatic carbocycles. The van der Waals surface area contributed by atoms with Crippen LogP contribution in [0.3, 0.4) is 0 Å². The fourth-order valence-electron chi connectivity index (χ4n) is 2.66. The molecule has 1 N–H and O–H groups in total. The highest BCUT2D eigenvalue weighted by Crippen LogP contribution is 2.28. The van der Waals surface area contributed by atoms with E-state index in [1.165, 1.54) is 0 Å². The maximum atomic E-state index is 12.3. The first-order valence-electron chi connectivity index (χ1n) is 7.40. The van der Waals surface area contributed by atoms with Gasteiger partial charge in [-0.15, -0.1) is 6.58 Å². The van der Waals surface area contributed by atoms with E-state index in [9.17, 15) is 14.7 Å². The molecule has 1 amide bonds. The van der Waals surface area contributed by atoms with E-state index in [-0.39, 0.29) is 12.5 Å². The summed E-state index contributed by atoms with van der Waals surface area (Å²) < 4.78 is 5.25. The molecule has 1 unspecified atom stereocenters. The van der Waals surface area contributed by atoms with Gasteiger partial charge in [-0.05, 0) is 17.5 Å². The van der Waals surface area contributed by atoms with Gasteiger partial charge >= 0.3 is 5.97 Å². The normalized spacial score (nSPS) is 16.9. The Hall–Kier alpha value is -2.14. The van der Waals surface area contributed by atoms with Gasteiger partial charge in [0.1, 0.15) is 0 Å². The van der Waals surface area contributed by atoms with Crippen molar-refractivity contribution in [1.29, 1.82) is 0 Å². The molecule has 0 radical (unpaired) electrons. The van der Waals surface area contributed by atoms with Crippen molar-refractivity contribution in [2.45, 2.75) is 25.3 Å². The summed E-state index contributed by atoms with van der Waals surface area (Å²) in [6.45, 7) is 5.25. The number of carbonyl (C=O) groups is 2. The SMILES string of the molecule is C=CCOCCCC(=O)N1Cc2ccccc2C(C(=O)O)C1. The minimum atomic E-state index is -0.890. The molecule has 2 rings (SSSR count). The number of hydrogen-bond donors (Lipinski definition) is 1. The summed E-state index contributed by atoms with van der Waals surface area (Å²) in [5, 5.41) is 9.39. The Morgan fingerprint density at radius 2 is 2.18 bits per heavy atom. The number of nitrogens with zero attached hydrogens (tertiary/aromatic N) is 1. The van der Waals surface area contributed by atoms with Gasteiger partial charge in [0.15, 0.2) is 0 Å². The van der Waals surface area contributed by atoms with Gasteiger partial charge in [-0.3, -0.25) is 9.59 Å². The number of carboxylic acids is 1. The summed E-state index contributed by atoms with van der Waals surface area (Å²) in [6, 6.07) is 7.43. The lowest BCUT2D eigenvalue weighted by Gasteiger charge is -2.33. The first kappa shape index (κ1) is 16.2. The standard InChI is InChI=1S/C17H21NO4/c1-2-9-22-10-5-8-16(19)18-11-13-6-3-4-7-14(13)15(12-18)17(20)21/h2-4,6-7,15H,1,5,8-12H2,(H,20,21). The van der Waals surface area contributed by atoms with Gasteiger partial charge in [0, 0.05) is 26.1 Å². The molecule has 1 atom stereocenters. The van der Waals surface area contributed by atoms with Crippen molar-refractivity contribution in [2.24, 2.45) is 0 Å². The van der Waals surface area contributed by atoms with Gasteiger partial charge in [-0.1, -0.05) is 30.3 Å². The first-order chi connectivity index (χ1) is 10.6. The summed E-state index contributed by atoms with van der Waals surface area (Å²) in [7, 11) is 0. The molecule has 0 bridgehead atoms. The zero-order valence-electron chi connectivity index (χ0n) is 12.5. The second kappa shape index (κ2) is 7.75. The topological polar surface area (TPSA) is 66.8 Å². The third-order valence-corrected chi connectivity index (χ3v) is 3.76. The highest BCUT2D eigenvalue weighted by atomic mass is 16.5. The van der Waals surface area contributed by atoms with E-state index >= 15 is 0 Å². The van der Waals surface area contributed by atoms with Gasteiger partial charge < -0.3 is 14.7 Å². The van der Waals surface area contributed by atoms with E-state index in [2.05, 4.69) is 6.58 Å². The van der Waals surface area contributed by atoms with Crippen LogP contribution in [0.1, 0.15) is 29.9 Å². The van der Waals surface area contributed by atoms with Crippen LogP contribution >= 0.6 is 0 Å². The Morgan fingerprint density at radius 1 is 1.41 bits per heavy atom. The van der Waals surface area contributed by atoms with Crippen LogP contribution in [0.25, 0.3) is 0 Å². The number of hydrogen-bond acceptors (Lipinski definition) is 3. The first-order valence-corrected chi connectivity index (χ1v) is 7.40. The molecular weight excluding hydrogens is 282 g/mol. The molecule has 0 aromatic heterocycles. The fraction of sp³-hybridized carbons (Fsp3) is 0.412. The Bertz CT molecular complexity index is 555. The van der Waals surface area contributed by atoms with Gasteiger partial charge in [-0.25, -0.2) is 0 Å². The molecule has 22 heavy (non-hydrogen) atoms. The lowest BCUT2D eigenvalue weighted by molar-refractivity contribution is -0.141. The van der Waals surface area contributed by atoms with Gasteiger partial charge in [0.05, 0.1) is 12.5 Å². The Morgan fingerprint density at radius 3 is 2.91 bits per heavy atom. The molecule has 0 spiro atoms. The van der Waals surface area contributed by atoms with E-state index in [1.54, 1.807) is 11.0 Å². The highest BCUT2D eigenvalue weighted by Gasteiger charge is 2.31. The zero-order chi connectivity index (χ0) is 15.9. The van der Waals surface area contributed by atoms with Gasteiger partial charge in [0.2, 0.25) is 5.91 Å². The molecule has 1 aliphatic rings. The van der Waals surface area contributed by atoms with Crippen LogP contribution < -0.4 is 0 Å². The second-order valence-electron chi connectivity index (χ2n) is 5.33. The van der Waals surface area contributed by atoms with Crippen molar-refractivity contribution < 1.29 is 19.4 Å². The smallest absolute Gasteiger partial charge is 0.312 e. The number of amides is 1. The number of rotatable bonds is 7. The number of aliphatic carboxylic acids is 1. The predicted octanol–water partition coefficient (Wildman–Crippen LogP) is 2.18. The van der Waals surface area contributed by atoms with Crippen molar-refractivity contribution in [2.75, 3.05) is 19.8 Å². The quantitative estimate of drug-likeness (QED) is 0.619. The van der Waals surface area contributed by atoms with Crippen molar-refractivity contribution in [3.05, 3.63) is 48.0 Å². The van der Waals surface area contributed by atoms with Crippen LogP contribution in [0, 0.1) is 0 Å². The third kappa shape index (κ3) is 3.95. The van der Waals surface area contributed by atoms with Crippen LogP contribution in [-0.4, -0.2) is 41.6 Å². The molecule has 5 heteroatoms. The molecule has 1 aliphatic heterocycles. The van der Waals surface area contributed by atoms with Crippen LogP contribution in [0.5, 0.6) is 0 Å². The Labute approximate surface area is 130 Å². The predicted molar refractivity (Wildman–Crippen MR) is 82.5 cm³/mol. The van der Waals surface area contributed by atoms with Crippen molar-refractivity contribution >= 4 is 11.9 Å². The lowest BCUT2D eigenvalue weighted by atomic mass is 9.89. The third-order valence-electron chi connectivity index (χ3n) is 3.76. The number of fused-ring (bicyclic) bond motifs is 1. The molecule has 0 aliphatic carbocycles. The van der Waals surface area contributed by atoms with E-state index < -0.39 is 11.9 Å². The zero-order valence-corrected chi connectivity index (χ0v) is 12.5. The van der Waals surface area contributed by atoms with Crippen molar-refractivity contribution in [1.82, 2.24) is 4.90 Å². The molecule has 1 aromatic rings. The summed E-state index contributed by atoms with van der Waals surface area (Å²) in [5.41, 5.74) is 1.73. The maximum absolute atomic E-state index is 12.3. The summed E-state index contributed by atoms with van der Waals surface area (Å²) in [6.07, 6.45) is 2.66. The number of carboxylic acid groups (broad SMARTS) is 1. The number of benzene rings is 1. The van der Waals surface area contributed by atoms with Gasteiger partial charge in [-0.2, -0.15) is 0 Å². The monoisotopic (exact) mass is 303 g/mol. The van der Waals surface area contributed by atoms with Crippen LogP contribution in [-0.2, 0) is 20.9 Å². The fourth-order valence-corrected chi connectivity index (χ4v) is 2.66. The van der Waals surface area contributed by atoms with Crippen molar-refractivity contribution in [3.8, 4) is 0 Å². The van der Waals surface area contributed by atoms with Crippen LogP contribution in [0.2, 0.25) is 0 Å². The molecule has 118 valence electrons. The number of carbonyl (C=O) groups excluding carboxylic acids is 1. The molecule has 1 heterocycles. The van der Waals surface area contributed by atoms with Crippen LogP contribution in [0.15, 0.2) is 36.9 Å². The average molecular weight is 303 g/mol. The molecule has 0 fully saturated rings. The Balaban J connectivity index is 1.97. The van der Waals surface area contributed by atoms with Crippen molar-refractivity contribution in [3.63, 3.8) is 0 Å². The summed E-state index contributed by atoms with van der Waals surface area (Å²) in [4.78, 5) is 25.3. The Kier molecular flexibility index (Phi) is 5.72. The van der Waals surface area contributed by atoms with E-state index in [0.29, 0.717) is 32.6 Å². The number of ether oxygens (including phenoxy) is 1. The summed E-state index contributed by atoms with van der Waals surface area (Å²) >= 11 is 0. The minimum Gasteiger partial charge on any atom is -0.481 e. The van der Waals surface area contributed by atoms with E-state index in [1.807, 2.05) is 24.3 Å². The molecule has 0 saturated heterocycles. The van der Waals surface area contributed by atoms with Crippen LogP contribution in [0.4, 0.5) is 0 Å². The largest absolute Gasteiger partial charge is 0.481 e. The molecular formula is C17H21NO4. The summed E-state index contributed by atoms with van der Waals surface area (Å²) in [5.74, 6) is -1.56. The average Bonchev–Trinajstić information content (AvgIpc) is 2.53. The van der Waals surface area contributed by atoms with Gasteiger partial charge in [0.25, 0.3) is 0 Å². The second-order valence-corrected chi connectivity index (χ2v) is 5.33. The highest BCUT2D eigenvalue weighted by molar-refractivity contribution is 5.81. The minimum absolute atomic E-state index is 0.0250. The van der Waals surface area contributed by atoms with E-state index in [4.69, 9.17) is 4.74 Å². The molecule has 0 saturated carbocycles. The lowest BCUT2D eigenvalue weighted by Crippen LogP contribution is -2.40.